The minimum atomic E-state index is -1.05. The second-order valence-electron chi connectivity index (χ2n) is 6.54. The number of nitrogens with two attached hydrogens (primary N) is 1. The molecule has 0 bridgehead atoms. The molecule has 1 aromatic carbocycles. The van der Waals surface area contributed by atoms with Crippen molar-refractivity contribution in [2.24, 2.45) is 0 Å². The molecule has 4 aromatic heterocycles. The summed E-state index contributed by atoms with van der Waals surface area (Å²) in [5, 5.41) is 9.44. The molecule has 5 rings (SSSR count). The molecule has 0 radical (unpaired) electrons. The van der Waals surface area contributed by atoms with Gasteiger partial charge in [0.2, 0.25) is 11.8 Å². The molecule has 9 heteroatoms. The van der Waals surface area contributed by atoms with E-state index < -0.39 is 5.54 Å². The van der Waals surface area contributed by atoms with Crippen LogP contribution >= 0.6 is 0 Å². The Kier molecular flexibility index (Phi) is 3.32. The molecule has 0 aliphatic heterocycles. The van der Waals surface area contributed by atoms with Crippen LogP contribution in [0.15, 0.2) is 59.3 Å². The van der Waals surface area contributed by atoms with E-state index in [9.17, 15) is 4.79 Å². The number of nitrogens with zero attached hydrogens (tertiary/aromatic N) is 6. The summed E-state index contributed by atoms with van der Waals surface area (Å²) in [5.41, 5.74) is 6.80. The molecule has 0 saturated heterocycles. The summed E-state index contributed by atoms with van der Waals surface area (Å²) >= 11 is 0. The van der Waals surface area contributed by atoms with E-state index in [1.165, 1.54) is 4.52 Å². The van der Waals surface area contributed by atoms with Crippen molar-refractivity contribution >= 4 is 28.9 Å². The predicted octanol–water partition coefficient (Wildman–Crippen LogP) is 2.28. The van der Waals surface area contributed by atoms with Crippen molar-refractivity contribution in [2.75, 3.05) is 5.73 Å². The first-order chi connectivity index (χ1) is 13.6. The lowest BCUT2D eigenvalue weighted by atomic mass is 9.94. The molecule has 5 aromatic rings. The van der Waals surface area contributed by atoms with E-state index in [2.05, 4.69) is 20.2 Å². The zero-order chi connectivity index (χ0) is 19.3. The Balaban J connectivity index is 1.78. The predicted molar refractivity (Wildman–Crippen MR) is 101 cm³/mol. The third kappa shape index (κ3) is 2.16. The van der Waals surface area contributed by atoms with Crippen molar-refractivity contribution in [3.8, 4) is 11.6 Å². The standard InChI is InChI=1S/C19H15N7O2/c1-19(11-27,12-6-3-2-4-7-12)26-17-13(10-21-26)16-22-15(14-8-5-9-28-14)24-25(16)18(20)23-17/h2-11H,1H3,(H2,20,23). The van der Waals surface area contributed by atoms with Crippen molar-refractivity contribution in [3.05, 3.63) is 60.5 Å². The summed E-state index contributed by atoms with van der Waals surface area (Å²) in [5.74, 6) is 1.04. The summed E-state index contributed by atoms with van der Waals surface area (Å²) in [4.78, 5) is 21.1. The Bertz CT molecular complexity index is 1300. The topological polar surface area (TPSA) is 117 Å². The molecule has 1 unspecified atom stereocenters. The molecule has 0 amide bonds. The second kappa shape index (κ2) is 5.74. The summed E-state index contributed by atoms with van der Waals surface area (Å²) in [6, 6.07) is 12.9. The SMILES string of the molecule is CC(C=O)(c1ccccc1)n1ncc2c1nc(N)n1nc(-c3ccco3)nc21. The van der Waals surface area contributed by atoms with Crippen LogP contribution in [0.3, 0.4) is 0 Å². The van der Waals surface area contributed by atoms with Gasteiger partial charge >= 0.3 is 0 Å². The number of fused-ring (bicyclic) bond motifs is 3. The Morgan fingerprint density at radius 3 is 2.64 bits per heavy atom. The quantitative estimate of drug-likeness (QED) is 0.480. The highest BCUT2D eigenvalue weighted by molar-refractivity contribution is 5.91. The van der Waals surface area contributed by atoms with Crippen molar-refractivity contribution in [2.45, 2.75) is 12.5 Å². The highest BCUT2D eigenvalue weighted by Crippen LogP contribution is 2.29. The monoisotopic (exact) mass is 373 g/mol. The van der Waals surface area contributed by atoms with Crippen LogP contribution in [0.2, 0.25) is 0 Å². The van der Waals surface area contributed by atoms with Crippen LogP contribution in [0.4, 0.5) is 5.95 Å². The number of benzene rings is 1. The number of hydrogen-bond acceptors (Lipinski definition) is 7. The number of nitrogen functional groups attached to an aromatic ring is 1. The number of aromatic nitrogens is 6. The summed E-state index contributed by atoms with van der Waals surface area (Å²) in [6.45, 7) is 1.78. The summed E-state index contributed by atoms with van der Waals surface area (Å²) in [7, 11) is 0. The number of furan rings is 1. The Morgan fingerprint density at radius 1 is 1.11 bits per heavy atom. The van der Waals surface area contributed by atoms with Gasteiger partial charge in [-0.25, -0.2) is 9.67 Å². The van der Waals surface area contributed by atoms with Gasteiger partial charge < -0.3 is 14.9 Å². The normalized spacial score (nSPS) is 13.8. The van der Waals surface area contributed by atoms with Crippen molar-refractivity contribution in [1.82, 2.24) is 29.4 Å². The van der Waals surface area contributed by atoms with Crippen molar-refractivity contribution in [3.63, 3.8) is 0 Å². The molecular formula is C19H15N7O2. The molecule has 0 aliphatic rings. The van der Waals surface area contributed by atoms with Crippen molar-refractivity contribution in [1.29, 1.82) is 0 Å². The van der Waals surface area contributed by atoms with E-state index in [1.807, 2.05) is 30.3 Å². The minimum Gasteiger partial charge on any atom is -0.461 e. The van der Waals surface area contributed by atoms with Gasteiger partial charge in [0.25, 0.3) is 0 Å². The number of aldehydes is 1. The Hall–Kier alpha value is -4.01. The van der Waals surface area contributed by atoms with E-state index in [-0.39, 0.29) is 5.95 Å². The molecule has 0 fully saturated rings. The smallest absolute Gasteiger partial charge is 0.225 e. The minimum absolute atomic E-state index is 0.135. The number of rotatable bonds is 4. The van der Waals surface area contributed by atoms with E-state index in [0.29, 0.717) is 28.3 Å². The molecular weight excluding hydrogens is 358 g/mol. The van der Waals surface area contributed by atoms with Gasteiger partial charge in [-0.15, -0.1) is 5.10 Å². The number of carbonyl (C=O) groups is 1. The molecule has 138 valence electrons. The molecule has 0 spiro atoms. The van der Waals surface area contributed by atoms with Crippen LogP contribution in [0.25, 0.3) is 28.3 Å². The van der Waals surface area contributed by atoms with E-state index in [0.717, 1.165) is 11.8 Å². The largest absolute Gasteiger partial charge is 0.461 e. The van der Waals surface area contributed by atoms with Crippen molar-refractivity contribution < 1.29 is 9.21 Å². The van der Waals surface area contributed by atoms with Gasteiger partial charge in [0.1, 0.15) is 5.54 Å². The highest BCUT2D eigenvalue weighted by Gasteiger charge is 2.32. The van der Waals surface area contributed by atoms with Crippen LogP contribution < -0.4 is 5.73 Å². The van der Waals surface area contributed by atoms with E-state index in [4.69, 9.17) is 10.2 Å². The fraction of sp³-hybridized carbons (Fsp3) is 0.105. The number of anilines is 1. The third-order valence-electron chi connectivity index (χ3n) is 4.80. The average molecular weight is 373 g/mol. The Morgan fingerprint density at radius 2 is 1.93 bits per heavy atom. The van der Waals surface area contributed by atoms with E-state index >= 15 is 0 Å². The molecule has 4 heterocycles. The number of carbonyl (C=O) groups excluding carboxylic acids is 1. The van der Waals surface area contributed by atoms with Gasteiger partial charge in [0.05, 0.1) is 17.8 Å². The maximum absolute atomic E-state index is 12.1. The van der Waals surface area contributed by atoms with Crippen LogP contribution in [-0.4, -0.2) is 35.6 Å². The fourth-order valence-electron chi connectivity index (χ4n) is 3.28. The van der Waals surface area contributed by atoms with Crippen LogP contribution in [0.1, 0.15) is 12.5 Å². The van der Waals surface area contributed by atoms with Gasteiger partial charge in [-0.1, -0.05) is 30.3 Å². The zero-order valence-electron chi connectivity index (χ0n) is 14.9. The van der Waals surface area contributed by atoms with Crippen LogP contribution in [0.5, 0.6) is 0 Å². The summed E-state index contributed by atoms with van der Waals surface area (Å²) < 4.78 is 8.36. The Labute approximate surface area is 158 Å². The van der Waals surface area contributed by atoms with Gasteiger partial charge in [-0.2, -0.15) is 14.6 Å². The highest BCUT2D eigenvalue weighted by atomic mass is 16.3. The average Bonchev–Trinajstić information content (AvgIpc) is 3.46. The van der Waals surface area contributed by atoms with Gasteiger partial charge in [-0.3, -0.25) is 0 Å². The third-order valence-corrected chi connectivity index (χ3v) is 4.80. The molecule has 2 N–H and O–H groups in total. The first-order valence-corrected chi connectivity index (χ1v) is 8.58. The van der Waals surface area contributed by atoms with Crippen LogP contribution in [-0.2, 0) is 10.3 Å². The molecule has 0 aliphatic carbocycles. The van der Waals surface area contributed by atoms with Gasteiger partial charge in [-0.05, 0) is 24.6 Å². The molecule has 0 saturated carbocycles. The van der Waals surface area contributed by atoms with Gasteiger partial charge in [0.15, 0.2) is 23.3 Å². The lowest BCUT2D eigenvalue weighted by molar-refractivity contribution is -0.113. The maximum atomic E-state index is 12.1. The second-order valence-corrected chi connectivity index (χ2v) is 6.54. The first kappa shape index (κ1) is 16.2. The number of hydrogen-bond donors (Lipinski definition) is 1. The zero-order valence-corrected chi connectivity index (χ0v) is 14.9. The molecule has 28 heavy (non-hydrogen) atoms. The summed E-state index contributed by atoms with van der Waals surface area (Å²) in [6.07, 6.45) is 4.00. The van der Waals surface area contributed by atoms with Crippen LogP contribution in [0, 0.1) is 0 Å². The molecule has 9 nitrogen and oxygen atoms in total. The fourth-order valence-corrected chi connectivity index (χ4v) is 3.28. The molecule has 1 atom stereocenters. The lowest BCUT2D eigenvalue weighted by Crippen LogP contribution is -2.34. The first-order valence-electron chi connectivity index (χ1n) is 8.58. The van der Waals surface area contributed by atoms with Gasteiger partial charge in [0, 0.05) is 0 Å². The lowest BCUT2D eigenvalue weighted by Gasteiger charge is -2.24. The van der Waals surface area contributed by atoms with E-state index in [1.54, 1.807) is 36.2 Å². The maximum Gasteiger partial charge on any atom is 0.225 e.